The second-order valence-electron chi connectivity index (χ2n) is 6.19. The van der Waals surface area contributed by atoms with Crippen molar-refractivity contribution in [3.63, 3.8) is 0 Å². The number of thioether (sulfide) groups is 1. The van der Waals surface area contributed by atoms with Gasteiger partial charge in [-0.15, -0.1) is 11.8 Å². The minimum absolute atomic E-state index is 0.141. The van der Waals surface area contributed by atoms with Crippen molar-refractivity contribution in [3.05, 3.63) is 42.3 Å². The van der Waals surface area contributed by atoms with Crippen LogP contribution in [0.3, 0.4) is 0 Å². The summed E-state index contributed by atoms with van der Waals surface area (Å²) >= 11 is 1.24. The molecule has 0 aliphatic carbocycles. The van der Waals surface area contributed by atoms with E-state index in [0.717, 1.165) is 29.6 Å². The van der Waals surface area contributed by atoms with Crippen LogP contribution >= 0.6 is 11.8 Å². The molecule has 0 bridgehead atoms. The summed E-state index contributed by atoms with van der Waals surface area (Å²) in [6, 6.07) is 9.56. The maximum absolute atomic E-state index is 12.1. The number of nitrogens with one attached hydrogen (secondary N) is 2. The topological polar surface area (TPSA) is 89.2 Å². The maximum Gasteiger partial charge on any atom is 0.235 e. The van der Waals surface area contributed by atoms with Crippen LogP contribution in [0, 0.1) is 6.92 Å². The molecule has 2 heterocycles. The van der Waals surface area contributed by atoms with Crippen molar-refractivity contribution in [2.75, 3.05) is 22.1 Å². The summed E-state index contributed by atoms with van der Waals surface area (Å²) in [6.07, 6.45) is 3.13. The molecule has 2 N–H and O–H groups in total. The predicted octanol–water partition coefficient (Wildman–Crippen LogP) is 3.66. The Morgan fingerprint density at radius 1 is 1.15 bits per heavy atom. The second kappa shape index (κ2) is 8.77. The van der Waals surface area contributed by atoms with Crippen molar-refractivity contribution in [3.8, 4) is 0 Å². The van der Waals surface area contributed by atoms with Crippen molar-refractivity contribution in [2.24, 2.45) is 0 Å². The van der Waals surface area contributed by atoms with E-state index in [9.17, 15) is 9.59 Å². The minimum Gasteiger partial charge on any atom is -0.360 e. The van der Waals surface area contributed by atoms with Gasteiger partial charge in [0, 0.05) is 35.4 Å². The summed E-state index contributed by atoms with van der Waals surface area (Å²) < 4.78 is 7.08. The number of nitrogens with zero attached hydrogens (tertiary/aromatic N) is 2. The van der Waals surface area contributed by atoms with E-state index in [-0.39, 0.29) is 23.3 Å². The molecule has 0 spiro atoms. The van der Waals surface area contributed by atoms with E-state index in [4.69, 9.17) is 4.52 Å². The number of hydrogen-bond donors (Lipinski definition) is 2. The van der Waals surface area contributed by atoms with Gasteiger partial charge in [0.2, 0.25) is 11.8 Å². The van der Waals surface area contributed by atoms with Gasteiger partial charge >= 0.3 is 0 Å². The van der Waals surface area contributed by atoms with Crippen molar-refractivity contribution in [2.45, 2.75) is 26.8 Å². The summed E-state index contributed by atoms with van der Waals surface area (Å²) in [7, 11) is 0. The predicted molar refractivity (Wildman–Crippen MR) is 108 cm³/mol. The quantitative estimate of drug-likeness (QED) is 0.617. The molecule has 0 atom stereocenters. The van der Waals surface area contributed by atoms with Crippen LogP contribution in [0.5, 0.6) is 0 Å². The van der Waals surface area contributed by atoms with Crippen LogP contribution in [0.2, 0.25) is 0 Å². The van der Waals surface area contributed by atoms with Crippen molar-refractivity contribution in [1.29, 1.82) is 0 Å². The molecule has 0 unspecified atom stereocenters. The van der Waals surface area contributed by atoms with Gasteiger partial charge in [-0.25, -0.2) is 0 Å². The first-order chi connectivity index (χ1) is 13.0. The third kappa shape index (κ3) is 5.13. The molecule has 0 radical (unpaired) electrons. The number of rotatable bonds is 8. The Morgan fingerprint density at radius 2 is 1.93 bits per heavy atom. The number of amides is 2. The number of hydrogen-bond acceptors (Lipinski definition) is 5. The van der Waals surface area contributed by atoms with Crippen molar-refractivity contribution < 1.29 is 14.1 Å². The highest BCUT2D eigenvalue weighted by Gasteiger charge is 2.09. The molecule has 2 aromatic heterocycles. The fraction of sp³-hybridized carbons (Fsp3) is 0.316. The number of carbonyl (C=O) groups is 2. The SMILES string of the molecule is CCCn1ccc2cc(NC(=O)CSCC(=O)Nc3cc(C)on3)ccc21. The standard InChI is InChI=1S/C19H22N4O3S/c1-3-7-23-8-6-14-10-15(4-5-16(14)23)20-18(24)11-27-12-19(25)21-17-9-13(2)26-22-17/h4-6,8-10H,3,7,11-12H2,1-2H3,(H,20,24)(H,21,22,25). The molecule has 0 fully saturated rings. The van der Waals surface area contributed by atoms with Gasteiger partial charge in [-0.1, -0.05) is 12.1 Å². The van der Waals surface area contributed by atoms with Crippen LogP contribution in [0.1, 0.15) is 19.1 Å². The highest BCUT2D eigenvalue weighted by molar-refractivity contribution is 8.00. The van der Waals surface area contributed by atoms with Gasteiger partial charge in [0.25, 0.3) is 0 Å². The van der Waals surface area contributed by atoms with Gasteiger partial charge in [-0.2, -0.15) is 0 Å². The molecule has 142 valence electrons. The monoisotopic (exact) mass is 386 g/mol. The molecule has 0 aliphatic rings. The first-order valence-corrected chi connectivity index (χ1v) is 9.90. The molecule has 0 saturated heterocycles. The smallest absolute Gasteiger partial charge is 0.235 e. The van der Waals surface area contributed by atoms with Crippen LogP contribution in [-0.4, -0.2) is 33.0 Å². The fourth-order valence-electron chi connectivity index (χ4n) is 2.75. The van der Waals surface area contributed by atoms with Gasteiger partial charge < -0.3 is 19.7 Å². The highest BCUT2D eigenvalue weighted by Crippen LogP contribution is 2.21. The lowest BCUT2D eigenvalue weighted by atomic mass is 10.2. The molecule has 7 nitrogen and oxygen atoms in total. The number of anilines is 2. The molecule has 3 aromatic rings. The van der Waals surface area contributed by atoms with Gasteiger partial charge in [-0.05, 0) is 37.6 Å². The molecule has 27 heavy (non-hydrogen) atoms. The maximum atomic E-state index is 12.1. The molecule has 3 rings (SSSR count). The molecule has 2 amide bonds. The number of aromatic nitrogens is 2. The van der Waals surface area contributed by atoms with E-state index in [1.807, 2.05) is 24.3 Å². The number of benzene rings is 1. The molecule has 0 saturated carbocycles. The van der Waals surface area contributed by atoms with E-state index >= 15 is 0 Å². The second-order valence-corrected chi connectivity index (χ2v) is 7.18. The third-order valence-electron chi connectivity index (χ3n) is 3.88. The number of fused-ring (bicyclic) bond motifs is 1. The average Bonchev–Trinajstić information content (AvgIpc) is 3.21. The molecule has 8 heteroatoms. The zero-order valence-electron chi connectivity index (χ0n) is 15.3. The Morgan fingerprint density at radius 3 is 2.63 bits per heavy atom. The summed E-state index contributed by atoms with van der Waals surface area (Å²) in [6.45, 7) is 4.87. The normalized spacial score (nSPS) is 10.9. The lowest BCUT2D eigenvalue weighted by Gasteiger charge is -2.07. The lowest BCUT2D eigenvalue weighted by molar-refractivity contribution is -0.114. The highest BCUT2D eigenvalue weighted by atomic mass is 32.2. The molecular formula is C19H22N4O3S. The molecular weight excluding hydrogens is 364 g/mol. The van der Waals surface area contributed by atoms with Crippen LogP contribution in [0.4, 0.5) is 11.5 Å². The summed E-state index contributed by atoms with van der Waals surface area (Å²) in [5.41, 5.74) is 1.91. The summed E-state index contributed by atoms with van der Waals surface area (Å²) in [5, 5.41) is 10.3. The van der Waals surface area contributed by atoms with E-state index in [1.165, 1.54) is 11.8 Å². The Balaban J connectivity index is 1.46. The van der Waals surface area contributed by atoms with E-state index in [1.54, 1.807) is 13.0 Å². The Hall–Kier alpha value is -2.74. The Kier molecular flexibility index (Phi) is 6.18. The third-order valence-corrected chi connectivity index (χ3v) is 4.81. The van der Waals surface area contributed by atoms with E-state index in [0.29, 0.717) is 11.6 Å². The van der Waals surface area contributed by atoms with Crippen LogP contribution in [0.25, 0.3) is 10.9 Å². The fourth-order valence-corrected chi connectivity index (χ4v) is 3.37. The van der Waals surface area contributed by atoms with Crippen LogP contribution in [0.15, 0.2) is 41.1 Å². The largest absolute Gasteiger partial charge is 0.360 e. The van der Waals surface area contributed by atoms with Gasteiger partial charge in [0.05, 0.1) is 11.5 Å². The Bertz CT molecular complexity index is 947. The summed E-state index contributed by atoms with van der Waals surface area (Å²) in [4.78, 5) is 23.9. The number of aryl methyl sites for hydroxylation is 2. The Labute approximate surface area is 161 Å². The van der Waals surface area contributed by atoms with E-state index < -0.39 is 0 Å². The minimum atomic E-state index is -0.222. The van der Waals surface area contributed by atoms with Gasteiger partial charge in [-0.3, -0.25) is 9.59 Å². The first-order valence-electron chi connectivity index (χ1n) is 8.75. The average molecular weight is 386 g/mol. The van der Waals surface area contributed by atoms with Crippen LogP contribution in [-0.2, 0) is 16.1 Å². The molecule has 1 aromatic carbocycles. The van der Waals surface area contributed by atoms with Gasteiger partial charge in [0.15, 0.2) is 5.82 Å². The summed E-state index contributed by atoms with van der Waals surface area (Å²) in [5.74, 6) is 1.00. The zero-order chi connectivity index (χ0) is 19.2. The van der Waals surface area contributed by atoms with Crippen molar-refractivity contribution >= 4 is 46.0 Å². The first kappa shape index (κ1) is 19.0. The van der Waals surface area contributed by atoms with E-state index in [2.05, 4.69) is 33.5 Å². The lowest BCUT2D eigenvalue weighted by Crippen LogP contribution is -2.18. The van der Waals surface area contributed by atoms with Gasteiger partial charge in [0.1, 0.15) is 5.76 Å². The van der Waals surface area contributed by atoms with Crippen molar-refractivity contribution in [1.82, 2.24) is 9.72 Å². The van der Waals surface area contributed by atoms with Crippen LogP contribution < -0.4 is 10.6 Å². The molecule has 0 aliphatic heterocycles. The zero-order valence-corrected chi connectivity index (χ0v) is 16.1. The number of carbonyl (C=O) groups excluding carboxylic acids is 2.